The Morgan fingerprint density at radius 2 is 1.97 bits per heavy atom. The van der Waals surface area contributed by atoms with Crippen LogP contribution in [0, 0.1) is 11.2 Å². The largest absolute Gasteiger partial charge is 0.493 e. The van der Waals surface area contributed by atoms with Gasteiger partial charge >= 0.3 is 5.97 Å². The summed E-state index contributed by atoms with van der Waals surface area (Å²) in [5.41, 5.74) is 3.38. The first-order valence-corrected chi connectivity index (χ1v) is 14.3. The van der Waals surface area contributed by atoms with Crippen LogP contribution in [0.1, 0.15) is 63.0 Å². The highest BCUT2D eigenvalue weighted by Crippen LogP contribution is 2.49. The molecule has 1 N–H and O–H groups in total. The number of carboxylic acid groups (broad SMARTS) is 1. The summed E-state index contributed by atoms with van der Waals surface area (Å²) in [4.78, 5) is 22.1. The van der Waals surface area contributed by atoms with Gasteiger partial charge in [-0.15, -0.1) is 0 Å². The van der Waals surface area contributed by atoms with E-state index in [0.29, 0.717) is 38.5 Å². The number of piperidine rings is 1. The summed E-state index contributed by atoms with van der Waals surface area (Å²) in [5.74, 6) is 1.10. The Balaban J connectivity index is 1.13. The quantitative estimate of drug-likeness (QED) is 0.459. The molecule has 2 aromatic rings. The van der Waals surface area contributed by atoms with Gasteiger partial charge in [0.2, 0.25) is 0 Å². The Bertz CT molecular complexity index is 1310. The monoisotopic (exact) mass is 555 g/mol. The molecular weight excluding hydrogens is 521 g/mol. The average molecular weight is 556 g/mol. The second-order valence-corrected chi connectivity index (χ2v) is 12.3. The summed E-state index contributed by atoms with van der Waals surface area (Å²) < 4.78 is 20.0. The van der Waals surface area contributed by atoms with Crippen molar-refractivity contribution in [1.29, 1.82) is 0 Å². The SMILES string of the molecule is CCOc1cc(CN2CC3(CC(N4CCC(C)(C(=O)O)CC4)=NO3)C2)cc(C2CC2)c1-c1ccc(F)c(Cl)c1. The molecule has 2 saturated heterocycles. The van der Waals surface area contributed by atoms with E-state index in [9.17, 15) is 14.3 Å². The zero-order valence-electron chi connectivity index (χ0n) is 22.5. The molecule has 9 heteroatoms. The average Bonchev–Trinajstić information content (AvgIpc) is 3.64. The van der Waals surface area contributed by atoms with Gasteiger partial charge in [0, 0.05) is 38.3 Å². The van der Waals surface area contributed by atoms with E-state index in [4.69, 9.17) is 21.2 Å². The van der Waals surface area contributed by atoms with Crippen LogP contribution in [0.5, 0.6) is 5.75 Å². The highest BCUT2D eigenvalue weighted by Gasteiger charge is 2.51. The van der Waals surface area contributed by atoms with Gasteiger partial charge in [-0.05, 0) is 80.3 Å². The van der Waals surface area contributed by atoms with Crippen molar-refractivity contribution in [1.82, 2.24) is 9.80 Å². The van der Waals surface area contributed by atoms with Crippen molar-refractivity contribution >= 4 is 23.4 Å². The van der Waals surface area contributed by atoms with Gasteiger partial charge in [0.25, 0.3) is 0 Å². The number of hydrogen-bond acceptors (Lipinski definition) is 6. The Kier molecular flexibility index (Phi) is 6.74. The van der Waals surface area contributed by atoms with Gasteiger partial charge in [0.1, 0.15) is 17.4 Å². The highest BCUT2D eigenvalue weighted by atomic mass is 35.5. The third kappa shape index (κ3) is 5.09. The molecule has 1 spiro atoms. The molecule has 1 saturated carbocycles. The first-order chi connectivity index (χ1) is 18.7. The summed E-state index contributed by atoms with van der Waals surface area (Å²) in [5, 5.41) is 14.1. The molecule has 0 bridgehead atoms. The molecule has 0 unspecified atom stereocenters. The van der Waals surface area contributed by atoms with Crippen LogP contribution in [0.15, 0.2) is 35.5 Å². The Hall–Kier alpha value is -2.84. The summed E-state index contributed by atoms with van der Waals surface area (Å²) in [6.07, 6.45) is 4.27. The van der Waals surface area contributed by atoms with Gasteiger partial charge in [-0.3, -0.25) is 9.69 Å². The minimum Gasteiger partial charge on any atom is -0.493 e. The van der Waals surface area contributed by atoms with E-state index in [2.05, 4.69) is 27.1 Å². The molecule has 208 valence electrons. The maximum absolute atomic E-state index is 13.9. The number of aliphatic carboxylic acids is 1. The smallest absolute Gasteiger partial charge is 0.309 e. The van der Waals surface area contributed by atoms with Crippen molar-refractivity contribution in [3.05, 3.63) is 52.3 Å². The number of hydrogen-bond donors (Lipinski definition) is 1. The number of oxime groups is 1. The number of rotatable bonds is 7. The standard InChI is InChI=1S/C30H35ClFN3O4/c1-3-38-25-13-19(12-22(20-4-5-20)27(25)21-6-7-24(32)23(31)14-21)16-34-17-30(18-34)15-26(33-39-30)35-10-8-29(2,9-11-35)28(36)37/h6-7,12-14,20H,3-5,8-11,15-18H2,1-2H3,(H,36,37). The molecule has 2 aromatic carbocycles. The Labute approximate surface area is 233 Å². The predicted octanol–water partition coefficient (Wildman–Crippen LogP) is 5.90. The topological polar surface area (TPSA) is 74.6 Å². The predicted molar refractivity (Wildman–Crippen MR) is 148 cm³/mol. The second-order valence-electron chi connectivity index (χ2n) is 11.9. The molecule has 0 radical (unpaired) electrons. The molecule has 3 fully saturated rings. The maximum atomic E-state index is 13.9. The van der Waals surface area contributed by atoms with Crippen molar-refractivity contribution in [3.63, 3.8) is 0 Å². The molecule has 0 atom stereocenters. The molecule has 0 aromatic heterocycles. The van der Waals surface area contributed by atoms with E-state index in [1.807, 2.05) is 13.8 Å². The van der Waals surface area contributed by atoms with Gasteiger partial charge in [-0.2, -0.15) is 0 Å². The van der Waals surface area contributed by atoms with E-state index in [1.165, 1.54) is 17.2 Å². The number of nitrogens with zero attached hydrogens (tertiary/aromatic N) is 3. The van der Waals surface area contributed by atoms with Crippen LogP contribution in [0.2, 0.25) is 5.02 Å². The van der Waals surface area contributed by atoms with Crippen molar-refractivity contribution in [3.8, 4) is 16.9 Å². The van der Waals surface area contributed by atoms with E-state index in [1.54, 1.807) is 12.1 Å². The molecule has 6 rings (SSSR count). The van der Waals surface area contributed by atoms with Gasteiger partial charge < -0.3 is 19.6 Å². The van der Waals surface area contributed by atoms with Crippen molar-refractivity contribution < 1.29 is 23.9 Å². The molecule has 0 amide bonds. The number of likely N-dealkylation sites (tertiary alicyclic amines) is 2. The molecule has 3 heterocycles. The number of carbonyl (C=O) groups is 1. The molecule has 39 heavy (non-hydrogen) atoms. The number of benzene rings is 2. The third-order valence-electron chi connectivity index (χ3n) is 8.72. The number of halogens is 2. The zero-order chi connectivity index (χ0) is 27.4. The number of amidine groups is 1. The first kappa shape index (κ1) is 26.4. The van der Waals surface area contributed by atoms with Crippen molar-refractivity contribution in [2.24, 2.45) is 10.6 Å². The van der Waals surface area contributed by atoms with Crippen molar-refractivity contribution in [2.75, 3.05) is 32.8 Å². The zero-order valence-corrected chi connectivity index (χ0v) is 23.3. The molecular formula is C30H35ClFN3O4. The van der Waals surface area contributed by atoms with Gasteiger partial charge in [0.05, 0.1) is 23.5 Å². The van der Waals surface area contributed by atoms with E-state index >= 15 is 0 Å². The second kappa shape index (κ2) is 9.97. The van der Waals surface area contributed by atoms with E-state index in [0.717, 1.165) is 61.6 Å². The van der Waals surface area contributed by atoms with Crippen LogP contribution in [-0.4, -0.2) is 65.1 Å². The number of ether oxygens (including phenoxy) is 1. The van der Waals surface area contributed by atoms with E-state index in [-0.39, 0.29) is 10.6 Å². The lowest BCUT2D eigenvalue weighted by Gasteiger charge is -2.45. The summed E-state index contributed by atoms with van der Waals surface area (Å²) >= 11 is 6.14. The highest BCUT2D eigenvalue weighted by molar-refractivity contribution is 6.31. The summed E-state index contributed by atoms with van der Waals surface area (Å²) in [6, 6.07) is 9.28. The fourth-order valence-corrected chi connectivity index (χ4v) is 6.37. The van der Waals surface area contributed by atoms with E-state index < -0.39 is 17.2 Å². The molecule has 7 nitrogen and oxygen atoms in total. The lowest BCUT2D eigenvalue weighted by Crippen LogP contribution is -2.61. The minimum absolute atomic E-state index is 0.116. The van der Waals surface area contributed by atoms with Gasteiger partial charge in [-0.1, -0.05) is 28.9 Å². The van der Waals surface area contributed by atoms with Gasteiger partial charge in [-0.25, -0.2) is 4.39 Å². The third-order valence-corrected chi connectivity index (χ3v) is 9.01. The molecule has 4 aliphatic rings. The van der Waals surface area contributed by atoms with Crippen molar-refractivity contribution in [2.45, 2.75) is 64.0 Å². The van der Waals surface area contributed by atoms with Crippen LogP contribution in [0.3, 0.4) is 0 Å². The normalized spacial score (nSPS) is 21.8. The lowest BCUT2D eigenvalue weighted by molar-refractivity contribution is -0.150. The lowest BCUT2D eigenvalue weighted by atomic mass is 9.80. The van der Waals surface area contributed by atoms with Crippen LogP contribution >= 0.6 is 11.6 Å². The van der Waals surface area contributed by atoms with Crippen LogP contribution in [-0.2, 0) is 16.2 Å². The first-order valence-electron chi connectivity index (χ1n) is 13.9. The minimum atomic E-state index is -0.718. The Morgan fingerprint density at radius 3 is 2.62 bits per heavy atom. The fourth-order valence-electron chi connectivity index (χ4n) is 6.19. The van der Waals surface area contributed by atoms with Crippen LogP contribution in [0.25, 0.3) is 11.1 Å². The molecule has 1 aliphatic carbocycles. The van der Waals surface area contributed by atoms with Gasteiger partial charge in [0.15, 0.2) is 5.60 Å². The Morgan fingerprint density at radius 1 is 1.23 bits per heavy atom. The maximum Gasteiger partial charge on any atom is 0.309 e. The van der Waals surface area contributed by atoms with Crippen LogP contribution < -0.4 is 4.74 Å². The summed E-state index contributed by atoms with van der Waals surface area (Å²) in [6.45, 7) is 8.10. The number of carboxylic acids is 1. The fraction of sp³-hybridized carbons (Fsp3) is 0.533. The molecule has 3 aliphatic heterocycles. The van der Waals surface area contributed by atoms with Crippen LogP contribution in [0.4, 0.5) is 4.39 Å². The summed E-state index contributed by atoms with van der Waals surface area (Å²) in [7, 11) is 0.